The summed E-state index contributed by atoms with van der Waals surface area (Å²) in [5, 5.41) is 45.2. The highest BCUT2D eigenvalue weighted by atomic mass is 35.5. The summed E-state index contributed by atoms with van der Waals surface area (Å²) in [5.74, 6) is -9.55. The lowest BCUT2D eigenvalue weighted by molar-refractivity contribution is -0.140. The van der Waals surface area contributed by atoms with Crippen LogP contribution in [0.4, 0.5) is 0 Å². The van der Waals surface area contributed by atoms with Crippen molar-refractivity contribution in [3.05, 3.63) is 36.2 Å². The molecule has 0 saturated heterocycles. The Morgan fingerprint density at radius 2 is 1.16 bits per heavy atom. The van der Waals surface area contributed by atoms with Gasteiger partial charge in [0.05, 0.1) is 26.6 Å². The van der Waals surface area contributed by atoms with Gasteiger partial charge < -0.3 is 53.2 Å². The van der Waals surface area contributed by atoms with Gasteiger partial charge in [0.2, 0.25) is 23.6 Å². The highest BCUT2D eigenvalue weighted by Gasteiger charge is 2.30. The fourth-order valence-corrected chi connectivity index (χ4v) is 9.02. The molecule has 2 aromatic rings. The molecule has 4 amide bonds. The first-order valence-electron chi connectivity index (χ1n) is 18.6. The summed E-state index contributed by atoms with van der Waals surface area (Å²) in [5.41, 5.74) is 11.3. The third kappa shape index (κ3) is 21.9. The Hall–Kier alpha value is -4.51. The van der Waals surface area contributed by atoms with E-state index in [2.05, 4.69) is 41.2 Å². The summed E-state index contributed by atoms with van der Waals surface area (Å²) < 4.78 is 0. The van der Waals surface area contributed by atoms with E-state index in [4.69, 9.17) is 55.1 Å². The molecule has 0 spiro atoms. The first-order chi connectivity index (χ1) is 30.3. The lowest BCUT2D eigenvalue weighted by atomic mass is 10.1. The normalized spacial score (nSPS) is 13.8. The van der Waals surface area contributed by atoms with Gasteiger partial charge in [-0.15, -0.1) is 46.7 Å². The van der Waals surface area contributed by atoms with Crippen molar-refractivity contribution in [1.82, 2.24) is 41.2 Å². The number of alkyl halides is 2. The Bertz CT molecular complexity index is 1830. The Kier molecular flexibility index (Phi) is 25.9. The zero-order chi connectivity index (χ0) is 47.8. The zero-order valence-electron chi connectivity index (χ0n) is 33.6. The molecule has 0 fully saturated rings. The number of amides is 4. The average Bonchev–Trinajstić information content (AvgIpc) is 3.24. The fraction of sp³-hybridized carbons (Fsp3) is 0.514. The molecule has 23 nitrogen and oxygen atoms in total. The first-order valence-corrected chi connectivity index (χ1v) is 23.8. The number of aliphatic carboxylic acids is 4. The van der Waals surface area contributed by atoms with Crippen LogP contribution in [0.3, 0.4) is 0 Å². The molecule has 12 N–H and O–H groups in total. The second kappa shape index (κ2) is 29.8. The van der Waals surface area contributed by atoms with Crippen LogP contribution in [0.5, 0.6) is 0 Å². The molecule has 64 heavy (non-hydrogen) atoms. The highest BCUT2D eigenvalue weighted by Crippen LogP contribution is 2.37. The number of thioether (sulfide) groups is 4. The summed E-state index contributed by atoms with van der Waals surface area (Å²) in [6.45, 7) is -1.58. The molecule has 352 valence electrons. The van der Waals surface area contributed by atoms with E-state index in [-0.39, 0.29) is 66.3 Å². The second-order valence-electron chi connectivity index (χ2n) is 13.1. The van der Waals surface area contributed by atoms with Gasteiger partial charge in [0.1, 0.15) is 65.2 Å². The molecule has 0 saturated carbocycles. The number of carboxylic acids is 4. The molecule has 2 rings (SSSR count). The van der Waals surface area contributed by atoms with Crippen LogP contribution in [0.2, 0.25) is 0 Å². The number of halogens is 2. The largest absolute Gasteiger partial charge is 0.480 e. The van der Waals surface area contributed by atoms with Crippen molar-refractivity contribution in [2.75, 3.05) is 35.0 Å². The number of aromatic nitrogens is 4. The smallest absolute Gasteiger partial charge is 0.322 e. The van der Waals surface area contributed by atoms with E-state index in [9.17, 15) is 43.2 Å². The van der Waals surface area contributed by atoms with E-state index < -0.39 is 101 Å². The number of carbonyl (C=O) groups is 9. The van der Waals surface area contributed by atoms with Gasteiger partial charge in [-0.05, 0) is 25.0 Å². The van der Waals surface area contributed by atoms with Crippen molar-refractivity contribution in [2.45, 2.75) is 83.2 Å². The van der Waals surface area contributed by atoms with Crippen molar-refractivity contribution in [2.24, 2.45) is 11.5 Å². The van der Waals surface area contributed by atoms with Crippen molar-refractivity contribution >= 4 is 124 Å². The molecule has 0 aliphatic heterocycles. The van der Waals surface area contributed by atoms with Crippen LogP contribution in [0, 0.1) is 0 Å². The van der Waals surface area contributed by atoms with E-state index in [1.807, 2.05) is 0 Å². The Morgan fingerprint density at radius 1 is 0.672 bits per heavy atom. The number of nitrogens with two attached hydrogens (primary N) is 2. The maximum Gasteiger partial charge on any atom is 0.322 e. The lowest BCUT2D eigenvalue weighted by Crippen LogP contribution is -2.49. The molecule has 0 aliphatic rings. The third-order valence-corrected chi connectivity index (χ3v) is 12.8. The molecule has 6 atom stereocenters. The van der Waals surface area contributed by atoms with Crippen LogP contribution < -0.4 is 32.7 Å². The summed E-state index contributed by atoms with van der Waals surface area (Å²) in [6, 6.07) is -2.36. The van der Waals surface area contributed by atoms with Crippen molar-refractivity contribution < 1.29 is 63.6 Å². The van der Waals surface area contributed by atoms with Gasteiger partial charge in [-0.3, -0.25) is 43.2 Å². The lowest BCUT2D eigenvalue weighted by Gasteiger charge is -2.23. The van der Waals surface area contributed by atoms with Gasteiger partial charge in [0.25, 0.3) is 0 Å². The van der Waals surface area contributed by atoms with E-state index in [1.54, 1.807) is 12.1 Å². The predicted molar refractivity (Wildman–Crippen MR) is 237 cm³/mol. The number of ketones is 1. The van der Waals surface area contributed by atoms with Crippen molar-refractivity contribution in [1.29, 1.82) is 0 Å². The van der Waals surface area contributed by atoms with Gasteiger partial charge in [-0.25, -0.2) is 19.9 Å². The number of hydrogen-bond acceptors (Lipinski definition) is 19. The van der Waals surface area contributed by atoms with Crippen LogP contribution in [0.25, 0.3) is 0 Å². The maximum atomic E-state index is 14.2. The quantitative estimate of drug-likeness (QED) is 0.0266. The number of nitrogens with zero attached hydrogens (tertiary/aromatic N) is 4. The zero-order valence-corrected chi connectivity index (χ0v) is 38.3. The number of rotatable bonds is 32. The van der Waals surface area contributed by atoms with Crippen molar-refractivity contribution in [3.63, 3.8) is 0 Å². The topological polar surface area (TPSA) is 386 Å². The predicted octanol–water partition coefficient (Wildman–Crippen LogP) is 0.197. The number of carbonyl (C=O) groups excluding carboxylic acids is 5. The minimum atomic E-state index is -1.39. The molecule has 0 aliphatic carbocycles. The molecular formula is C35H46Cl2N10O13S4. The van der Waals surface area contributed by atoms with Gasteiger partial charge >= 0.3 is 23.9 Å². The van der Waals surface area contributed by atoms with Gasteiger partial charge in [-0.2, -0.15) is 0 Å². The molecule has 2 aromatic heterocycles. The number of Topliss-reactive ketones (excluding diaryl/α,β-unsaturated/α-hetero) is 1. The fourth-order valence-electron chi connectivity index (χ4n) is 5.00. The highest BCUT2D eigenvalue weighted by molar-refractivity contribution is 8.00. The summed E-state index contributed by atoms with van der Waals surface area (Å²) in [6.07, 6.45) is 0.757. The van der Waals surface area contributed by atoms with Crippen LogP contribution in [0.1, 0.15) is 60.5 Å². The molecular weight excluding hydrogens is 968 g/mol. The van der Waals surface area contributed by atoms with Gasteiger partial charge in [-0.1, -0.05) is 23.5 Å². The monoisotopic (exact) mass is 1010 g/mol. The molecule has 6 unspecified atom stereocenters. The Morgan fingerprint density at radius 3 is 1.64 bits per heavy atom. The molecule has 29 heteroatoms. The summed E-state index contributed by atoms with van der Waals surface area (Å²) in [4.78, 5) is 128. The minimum Gasteiger partial charge on any atom is -0.480 e. The molecule has 0 bridgehead atoms. The summed E-state index contributed by atoms with van der Waals surface area (Å²) >= 11 is 16.1. The van der Waals surface area contributed by atoms with Crippen LogP contribution in [-0.4, -0.2) is 153 Å². The molecule has 2 heterocycles. The van der Waals surface area contributed by atoms with E-state index in [0.717, 1.165) is 47.0 Å². The molecule has 0 radical (unpaired) electrons. The van der Waals surface area contributed by atoms with Gasteiger partial charge in [0.15, 0.2) is 0 Å². The first kappa shape index (κ1) is 55.6. The summed E-state index contributed by atoms with van der Waals surface area (Å²) in [7, 11) is 0. The second-order valence-corrected chi connectivity index (χ2v) is 18.7. The van der Waals surface area contributed by atoms with Gasteiger partial charge in [0, 0.05) is 43.4 Å². The number of carboxylic acid groups (broad SMARTS) is 4. The molecule has 0 aromatic carbocycles. The van der Waals surface area contributed by atoms with Crippen LogP contribution >= 0.6 is 70.2 Å². The number of nitrogens with one attached hydrogen (secondary N) is 4. The standard InChI is InChI=1S/C35H46Cl2N10O13S4/c36-14-63-27-5-6-40-31(47-27)24(62-13-22(33(56)42-11-30(53)54)46-26(50)4-2-19(39)35(59)60)8-17(48)7-23(20-9-28(64-15-37)44-16-43-20)61-12-21(32(55)41-10-29(51)52)45-25(49)3-1-18(38)34(57)58/h5-6,9,16,18-19,21-24H,1-4,7-8,10-15,38-39H2,(H,41,55)(H,42,56)(H,45,49)(H,46,50)(H,51,52)(H,53,54)(H,57,58)(H,59,60). The maximum absolute atomic E-state index is 14.2. The SMILES string of the molecule is NC(CCC(=O)NC(CSC(CC(=O)CC(SCC(NC(=O)CCC(N)C(=O)O)C(=O)NCC(=O)O)c1nccc(SCCl)n1)c1cc(SCCl)ncn1)C(=O)NCC(=O)O)C(=O)O. The van der Waals surface area contributed by atoms with E-state index in [0.29, 0.717) is 15.7 Å². The Labute approximate surface area is 392 Å². The van der Waals surface area contributed by atoms with Crippen LogP contribution in [0.15, 0.2) is 34.7 Å². The van der Waals surface area contributed by atoms with E-state index >= 15 is 0 Å². The minimum absolute atomic E-state index is 0.113. The average molecular weight is 1010 g/mol. The van der Waals surface area contributed by atoms with Crippen LogP contribution in [-0.2, 0) is 43.2 Å². The Balaban J connectivity index is 2.48. The van der Waals surface area contributed by atoms with Crippen molar-refractivity contribution in [3.8, 4) is 0 Å². The third-order valence-electron chi connectivity index (χ3n) is 8.22. The van der Waals surface area contributed by atoms with E-state index in [1.165, 1.54) is 12.5 Å². The number of hydrogen-bond donors (Lipinski definition) is 10.